The predicted molar refractivity (Wildman–Crippen MR) is 127 cm³/mol. The monoisotopic (exact) mass is 424 g/mol. The maximum Gasteiger partial charge on any atom is 0.127 e. The van der Waals surface area contributed by atoms with Crippen LogP contribution in [0.25, 0.3) is 5.57 Å². The molecule has 0 N–H and O–H groups in total. The zero-order chi connectivity index (χ0) is 22.7. The van der Waals surface area contributed by atoms with Gasteiger partial charge in [0.05, 0.1) is 24.4 Å². The Hall–Kier alpha value is -2.62. The van der Waals surface area contributed by atoms with Crippen LogP contribution in [0, 0.1) is 0 Å². The summed E-state index contributed by atoms with van der Waals surface area (Å²) in [5.74, 6) is 3.34. The Labute approximate surface area is 187 Å². The van der Waals surface area contributed by atoms with Crippen molar-refractivity contribution in [3.63, 3.8) is 0 Å². The van der Waals surface area contributed by atoms with Crippen LogP contribution in [0.3, 0.4) is 0 Å². The first-order chi connectivity index (χ1) is 14.6. The molecule has 0 fully saturated rings. The molecule has 2 aromatic rings. The highest BCUT2D eigenvalue weighted by Gasteiger charge is 2.23. The summed E-state index contributed by atoms with van der Waals surface area (Å²) < 4.78 is 24.2. The molecule has 0 saturated carbocycles. The summed E-state index contributed by atoms with van der Waals surface area (Å²) in [4.78, 5) is 0. The van der Waals surface area contributed by atoms with E-state index in [1.807, 2.05) is 67.5 Å². The van der Waals surface area contributed by atoms with Crippen molar-refractivity contribution < 1.29 is 18.9 Å². The average molecular weight is 425 g/mol. The quantitative estimate of drug-likeness (QED) is 0.442. The van der Waals surface area contributed by atoms with Crippen molar-refractivity contribution in [1.82, 2.24) is 0 Å². The second-order valence-electron chi connectivity index (χ2n) is 9.13. The number of ether oxygens (including phenoxy) is 4. The third kappa shape index (κ3) is 5.96. The molecular formula is C27H36O4. The Morgan fingerprint density at radius 1 is 0.581 bits per heavy atom. The molecule has 0 radical (unpaired) electrons. The molecule has 0 bridgehead atoms. The van der Waals surface area contributed by atoms with E-state index in [1.165, 1.54) is 5.56 Å². The van der Waals surface area contributed by atoms with Crippen molar-refractivity contribution in [2.75, 3.05) is 0 Å². The molecule has 0 heterocycles. The fraction of sp³-hybridized carbons (Fsp3) is 0.481. The first-order valence-corrected chi connectivity index (χ1v) is 11.3. The lowest BCUT2D eigenvalue weighted by atomic mass is 9.97. The standard InChI is InChI=1S/C27H36O4/c1-16(2)28-21-11-20(12-22(13-21)29-17(3)4)24-9-10-25-26(24)14-23(30-18(5)6)15-27(25)31-19(7)8/h9,11-19H,10H2,1-8H3. The molecule has 0 aliphatic heterocycles. The molecular weight excluding hydrogens is 388 g/mol. The van der Waals surface area contributed by atoms with Gasteiger partial charge in [-0.15, -0.1) is 0 Å². The van der Waals surface area contributed by atoms with Crippen LogP contribution in [-0.2, 0) is 6.42 Å². The Morgan fingerprint density at radius 3 is 1.55 bits per heavy atom. The number of hydrogen-bond donors (Lipinski definition) is 0. The second-order valence-corrected chi connectivity index (χ2v) is 9.13. The lowest BCUT2D eigenvalue weighted by molar-refractivity contribution is 0.227. The Kier molecular flexibility index (Phi) is 7.19. The van der Waals surface area contributed by atoms with Crippen LogP contribution in [0.15, 0.2) is 36.4 Å². The molecule has 4 nitrogen and oxygen atoms in total. The normalized spacial score (nSPS) is 13.1. The van der Waals surface area contributed by atoms with Crippen molar-refractivity contribution in [1.29, 1.82) is 0 Å². The van der Waals surface area contributed by atoms with E-state index in [0.717, 1.165) is 46.1 Å². The highest BCUT2D eigenvalue weighted by atomic mass is 16.5. The minimum absolute atomic E-state index is 0.0871. The van der Waals surface area contributed by atoms with E-state index < -0.39 is 0 Å². The van der Waals surface area contributed by atoms with Crippen molar-refractivity contribution in [3.05, 3.63) is 53.1 Å². The van der Waals surface area contributed by atoms with Gasteiger partial charge in [-0.25, -0.2) is 0 Å². The highest BCUT2D eigenvalue weighted by molar-refractivity contribution is 5.87. The number of fused-ring (bicyclic) bond motifs is 1. The number of benzene rings is 2. The average Bonchev–Trinajstić information content (AvgIpc) is 3.03. The van der Waals surface area contributed by atoms with E-state index in [0.29, 0.717) is 0 Å². The molecule has 0 spiro atoms. The highest BCUT2D eigenvalue weighted by Crippen LogP contribution is 2.42. The van der Waals surface area contributed by atoms with Crippen LogP contribution in [0.2, 0.25) is 0 Å². The summed E-state index contributed by atoms with van der Waals surface area (Å²) in [6.45, 7) is 16.3. The van der Waals surface area contributed by atoms with Crippen molar-refractivity contribution in [2.45, 2.75) is 86.2 Å². The van der Waals surface area contributed by atoms with E-state index in [9.17, 15) is 0 Å². The number of rotatable bonds is 9. The van der Waals surface area contributed by atoms with Gasteiger partial charge in [0.25, 0.3) is 0 Å². The smallest absolute Gasteiger partial charge is 0.127 e. The SMILES string of the molecule is CC(C)Oc1cc(OC(C)C)cc(C2=CCc3c(OC(C)C)cc(OC(C)C)cc32)c1. The Morgan fingerprint density at radius 2 is 1.06 bits per heavy atom. The lowest BCUT2D eigenvalue weighted by Crippen LogP contribution is -2.10. The molecule has 0 atom stereocenters. The third-order valence-electron chi connectivity index (χ3n) is 4.65. The van der Waals surface area contributed by atoms with Gasteiger partial charge < -0.3 is 18.9 Å². The third-order valence-corrected chi connectivity index (χ3v) is 4.65. The summed E-state index contributed by atoms with van der Waals surface area (Å²) in [5, 5.41) is 0. The summed E-state index contributed by atoms with van der Waals surface area (Å²) >= 11 is 0. The first kappa shape index (κ1) is 23.1. The first-order valence-electron chi connectivity index (χ1n) is 11.3. The molecule has 0 unspecified atom stereocenters. The van der Waals surface area contributed by atoms with Crippen LogP contribution in [0.1, 0.15) is 72.1 Å². The molecule has 0 amide bonds. The van der Waals surface area contributed by atoms with E-state index in [4.69, 9.17) is 18.9 Å². The fourth-order valence-electron chi connectivity index (χ4n) is 3.77. The zero-order valence-electron chi connectivity index (χ0n) is 20.1. The van der Waals surface area contributed by atoms with Gasteiger partial charge in [0.15, 0.2) is 0 Å². The molecule has 2 aromatic carbocycles. The van der Waals surface area contributed by atoms with E-state index in [1.54, 1.807) is 0 Å². The van der Waals surface area contributed by atoms with Gasteiger partial charge in [-0.3, -0.25) is 0 Å². The molecule has 168 valence electrons. The molecule has 0 saturated heterocycles. The second kappa shape index (κ2) is 9.67. The summed E-state index contributed by atoms with van der Waals surface area (Å²) in [6, 6.07) is 10.3. The van der Waals surface area contributed by atoms with Gasteiger partial charge in [-0.2, -0.15) is 0 Å². The minimum Gasteiger partial charge on any atom is -0.491 e. The van der Waals surface area contributed by atoms with E-state index >= 15 is 0 Å². The summed E-state index contributed by atoms with van der Waals surface area (Å²) in [7, 11) is 0. The molecule has 0 aromatic heterocycles. The number of hydrogen-bond acceptors (Lipinski definition) is 4. The lowest BCUT2D eigenvalue weighted by Gasteiger charge is -2.19. The van der Waals surface area contributed by atoms with Crippen molar-refractivity contribution in [2.24, 2.45) is 0 Å². The molecule has 1 aliphatic rings. The van der Waals surface area contributed by atoms with Crippen molar-refractivity contribution in [3.8, 4) is 23.0 Å². The Balaban J connectivity index is 2.08. The molecule has 1 aliphatic carbocycles. The zero-order valence-corrected chi connectivity index (χ0v) is 20.1. The fourth-order valence-corrected chi connectivity index (χ4v) is 3.77. The van der Waals surface area contributed by atoms with Crippen LogP contribution >= 0.6 is 0 Å². The molecule has 3 rings (SSSR count). The Bertz CT molecular complexity index is 910. The van der Waals surface area contributed by atoms with Crippen molar-refractivity contribution >= 4 is 5.57 Å². The van der Waals surface area contributed by atoms with Gasteiger partial charge >= 0.3 is 0 Å². The molecule has 31 heavy (non-hydrogen) atoms. The van der Waals surface area contributed by atoms with Gasteiger partial charge in [-0.05, 0) is 96.7 Å². The van der Waals surface area contributed by atoms with Crippen LogP contribution < -0.4 is 18.9 Å². The van der Waals surface area contributed by atoms with E-state index in [-0.39, 0.29) is 24.4 Å². The van der Waals surface area contributed by atoms with Gasteiger partial charge in [0.1, 0.15) is 23.0 Å². The summed E-state index contributed by atoms with van der Waals surface area (Å²) in [6.07, 6.45) is 3.44. The van der Waals surface area contributed by atoms with Crippen LogP contribution in [0.5, 0.6) is 23.0 Å². The molecule has 4 heteroatoms. The minimum atomic E-state index is 0.0871. The number of allylic oxidation sites excluding steroid dienone is 1. The predicted octanol–water partition coefficient (Wildman–Crippen LogP) is 6.82. The maximum atomic E-state index is 6.15. The van der Waals surface area contributed by atoms with Gasteiger partial charge in [0.2, 0.25) is 0 Å². The van der Waals surface area contributed by atoms with Crippen LogP contribution in [0.4, 0.5) is 0 Å². The summed E-state index contributed by atoms with van der Waals surface area (Å²) in [5.41, 5.74) is 4.57. The maximum absolute atomic E-state index is 6.15. The van der Waals surface area contributed by atoms with E-state index in [2.05, 4.69) is 24.3 Å². The largest absolute Gasteiger partial charge is 0.491 e. The van der Waals surface area contributed by atoms with Gasteiger partial charge in [-0.1, -0.05) is 6.08 Å². The topological polar surface area (TPSA) is 36.9 Å². The van der Waals surface area contributed by atoms with Crippen LogP contribution in [-0.4, -0.2) is 24.4 Å². The van der Waals surface area contributed by atoms with Gasteiger partial charge in [0, 0.05) is 17.7 Å².